The maximum atomic E-state index is 14.0. The van der Waals surface area contributed by atoms with Crippen molar-refractivity contribution >= 4 is 53.2 Å². The number of hydrogen-bond donors (Lipinski definition) is 3. The molecule has 0 radical (unpaired) electrons. The number of aryl methyl sites for hydroxylation is 2. The SMILES string of the molecule is Cc1ccc(N(C)C(=O)[C@H](Cc2cc(F)cc(F)c2)NC(=O)NS(=O)(=O)N[C@@H](Cc2cc(F)cc(F)c2)C(=O)N(C)c2ccc(C)cn2)nc1.S. The van der Waals surface area contributed by atoms with E-state index in [1.807, 2.05) is 4.72 Å². The van der Waals surface area contributed by atoms with Crippen LogP contribution in [0.5, 0.6) is 0 Å². The Bertz CT molecular complexity index is 1950. The van der Waals surface area contributed by atoms with Gasteiger partial charge in [-0.25, -0.2) is 37.0 Å². The van der Waals surface area contributed by atoms with Gasteiger partial charge in [0.1, 0.15) is 47.0 Å². The molecule has 0 aliphatic heterocycles. The van der Waals surface area contributed by atoms with Gasteiger partial charge in [-0.05, 0) is 78.9 Å². The van der Waals surface area contributed by atoms with Crippen molar-refractivity contribution in [3.05, 3.63) is 119 Å². The number of pyridine rings is 2. The Morgan fingerprint density at radius 3 is 1.47 bits per heavy atom. The number of urea groups is 1. The molecule has 2 aromatic carbocycles. The molecule has 0 aliphatic carbocycles. The Balaban J connectivity index is 0.00000702. The van der Waals surface area contributed by atoms with Gasteiger partial charge in [0.15, 0.2) is 0 Å². The van der Waals surface area contributed by atoms with Gasteiger partial charge in [-0.15, -0.1) is 0 Å². The van der Waals surface area contributed by atoms with Crippen LogP contribution >= 0.6 is 13.5 Å². The van der Waals surface area contributed by atoms with Crippen LogP contribution < -0.4 is 24.6 Å². The van der Waals surface area contributed by atoms with Gasteiger partial charge >= 0.3 is 16.2 Å². The number of nitrogens with one attached hydrogen (secondary N) is 3. The second-order valence-electron chi connectivity index (χ2n) is 11.4. The van der Waals surface area contributed by atoms with Crippen molar-refractivity contribution < 1.29 is 40.4 Å². The quantitative estimate of drug-likeness (QED) is 0.187. The number of aromatic nitrogens is 2. The summed E-state index contributed by atoms with van der Waals surface area (Å²) in [4.78, 5) is 50.6. The number of hydrogen-bond acceptors (Lipinski definition) is 7. The van der Waals surface area contributed by atoms with Crippen molar-refractivity contribution in [1.29, 1.82) is 0 Å². The van der Waals surface area contributed by atoms with Crippen LogP contribution in [-0.4, -0.2) is 62.4 Å². The minimum atomic E-state index is -4.95. The molecular formula is C33H35F4N7O5S2. The standard InChI is InChI=1S/C33H33F4N7O5S.H2S/c1-19-5-7-29(38-17-19)43(3)31(45)27(13-21-9-23(34)15-24(35)10-21)40-33(47)42-50(48,49)41-28(14-22-11-25(36)16-26(37)12-22)32(46)44(4)30-8-6-20(2)18-39-30;/h5-12,15-18,27-28,41H,13-14H2,1-4H3,(H2,40,42,47);1H2/t27-,28-;/m0./s1. The summed E-state index contributed by atoms with van der Waals surface area (Å²) in [7, 11) is -2.31. The highest BCUT2D eigenvalue weighted by atomic mass is 32.2. The third kappa shape index (κ3) is 11.5. The van der Waals surface area contributed by atoms with Crippen LogP contribution in [0.15, 0.2) is 73.1 Å². The third-order valence-electron chi connectivity index (χ3n) is 7.29. The van der Waals surface area contributed by atoms with Crippen molar-refractivity contribution in [3.63, 3.8) is 0 Å². The predicted molar refractivity (Wildman–Crippen MR) is 187 cm³/mol. The van der Waals surface area contributed by atoms with Crippen LogP contribution in [0.1, 0.15) is 22.3 Å². The Morgan fingerprint density at radius 2 is 1.08 bits per heavy atom. The van der Waals surface area contributed by atoms with E-state index >= 15 is 0 Å². The van der Waals surface area contributed by atoms with Crippen LogP contribution in [0.3, 0.4) is 0 Å². The fourth-order valence-corrected chi connectivity index (χ4v) is 5.77. The van der Waals surface area contributed by atoms with E-state index in [0.717, 1.165) is 45.2 Å². The Kier molecular flexibility index (Phi) is 13.6. The van der Waals surface area contributed by atoms with Gasteiger partial charge in [0, 0.05) is 45.0 Å². The van der Waals surface area contributed by atoms with Crippen LogP contribution in [0.4, 0.5) is 34.0 Å². The molecule has 0 fully saturated rings. The van der Waals surface area contributed by atoms with Gasteiger partial charge < -0.3 is 5.32 Å². The first kappa shape index (κ1) is 40.4. The average Bonchev–Trinajstić information content (AvgIpc) is 3.02. The van der Waals surface area contributed by atoms with Gasteiger partial charge in [-0.1, -0.05) is 12.1 Å². The maximum absolute atomic E-state index is 14.0. The number of carbonyl (C=O) groups excluding carboxylic acids is 3. The molecule has 0 aliphatic rings. The molecule has 2 heterocycles. The molecule has 51 heavy (non-hydrogen) atoms. The van der Waals surface area contributed by atoms with Crippen molar-refractivity contribution in [3.8, 4) is 0 Å². The number of likely N-dealkylation sites (N-methyl/N-ethyl adjacent to an activating group) is 2. The van der Waals surface area contributed by atoms with E-state index in [4.69, 9.17) is 0 Å². The minimum absolute atomic E-state index is 0. The number of carbonyl (C=O) groups is 3. The zero-order chi connectivity index (χ0) is 36.7. The number of rotatable bonds is 12. The zero-order valence-electron chi connectivity index (χ0n) is 27.7. The van der Waals surface area contributed by atoms with Gasteiger partial charge in [0.05, 0.1) is 0 Å². The van der Waals surface area contributed by atoms with Crippen molar-refractivity contribution in [2.24, 2.45) is 0 Å². The molecule has 18 heteroatoms. The zero-order valence-corrected chi connectivity index (χ0v) is 29.6. The summed E-state index contributed by atoms with van der Waals surface area (Å²) < 4.78 is 86.1. The molecule has 0 saturated carbocycles. The molecule has 4 amide bonds. The molecule has 0 spiro atoms. The summed E-state index contributed by atoms with van der Waals surface area (Å²) in [5.74, 6) is -5.27. The van der Waals surface area contributed by atoms with Gasteiger partial charge in [0.2, 0.25) is 5.91 Å². The Labute approximate surface area is 298 Å². The highest BCUT2D eigenvalue weighted by molar-refractivity contribution is 7.88. The van der Waals surface area contributed by atoms with Crippen molar-refractivity contribution in [2.75, 3.05) is 23.9 Å². The van der Waals surface area contributed by atoms with Gasteiger partial charge in [-0.2, -0.15) is 26.6 Å². The first-order chi connectivity index (χ1) is 23.5. The van der Waals surface area contributed by atoms with Gasteiger partial charge in [-0.3, -0.25) is 19.4 Å². The molecular weight excluding hydrogens is 715 g/mol. The Morgan fingerprint density at radius 1 is 0.686 bits per heavy atom. The van der Waals surface area contributed by atoms with E-state index in [1.54, 1.807) is 30.7 Å². The number of nitrogens with zero attached hydrogens (tertiary/aromatic N) is 4. The molecule has 0 saturated heterocycles. The second kappa shape index (κ2) is 17.2. The predicted octanol–water partition coefficient (Wildman–Crippen LogP) is 3.74. The average molecular weight is 750 g/mol. The molecule has 0 unspecified atom stereocenters. The van der Waals surface area contributed by atoms with Crippen LogP contribution in [-0.2, 0) is 32.6 Å². The number of anilines is 2. The fraction of sp³-hybridized carbons (Fsp3) is 0.242. The van der Waals surface area contributed by atoms with E-state index in [-0.39, 0.29) is 36.3 Å². The third-order valence-corrected chi connectivity index (χ3v) is 8.34. The largest absolute Gasteiger partial charge is 0.330 e. The first-order valence-electron chi connectivity index (χ1n) is 14.9. The Hall–Kier alpha value is -5.07. The second-order valence-corrected chi connectivity index (χ2v) is 12.9. The van der Waals surface area contributed by atoms with Crippen LogP contribution in [0.25, 0.3) is 0 Å². The van der Waals surface area contributed by atoms with Gasteiger partial charge in [0.25, 0.3) is 5.91 Å². The molecule has 3 N–H and O–H groups in total. The van der Waals surface area contributed by atoms with Crippen LogP contribution in [0, 0.1) is 37.1 Å². The number of halogens is 4. The fourth-order valence-electron chi connectivity index (χ4n) is 4.85. The lowest BCUT2D eigenvalue weighted by atomic mass is 10.0. The molecule has 0 bridgehead atoms. The van der Waals surface area contributed by atoms with Crippen molar-refractivity contribution in [2.45, 2.75) is 38.8 Å². The molecule has 4 aromatic rings. The molecule has 4 rings (SSSR count). The molecule has 12 nitrogen and oxygen atoms in total. The summed E-state index contributed by atoms with van der Waals surface area (Å²) >= 11 is 0. The summed E-state index contributed by atoms with van der Waals surface area (Å²) in [5.41, 5.74) is 1.45. The first-order valence-corrected chi connectivity index (χ1v) is 16.4. The van der Waals surface area contributed by atoms with E-state index in [1.165, 1.54) is 38.6 Å². The van der Waals surface area contributed by atoms with E-state index in [9.17, 15) is 40.4 Å². The lowest BCUT2D eigenvalue weighted by Gasteiger charge is -2.26. The normalized spacial score (nSPS) is 12.2. The molecule has 2 atom stereocenters. The monoisotopic (exact) mass is 749 g/mol. The summed E-state index contributed by atoms with van der Waals surface area (Å²) in [6.45, 7) is 3.53. The number of benzene rings is 2. The topological polar surface area (TPSA) is 154 Å². The summed E-state index contributed by atoms with van der Waals surface area (Å²) in [6, 6.07) is 6.51. The summed E-state index contributed by atoms with van der Waals surface area (Å²) in [6.07, 6.45) is 1.93. The number of amides is 4. The highest BCUT2D eigenvalue weighted by Gasteiger charge is 2.32. The maximum Gasteiger partial charge on any atom is 0.330 e. The van der Waals surface area contributed by atoms with Crippen molar-refractivity contribution in [1.82, 2.24) is 24.7 Å². The lowest BCUT2D eigenvalue weighted by Crippen LogP contribution is -2.57. The highest BCUT2D eigenvalue weighted by Crippen LogP contribution is 2.17. The lowest BCUT2D eigenvalue weighted by molar-refractivity contribution is -0.120. The van der Waals surface area contributed by atoms with E-state index in [0.29, 0.717) is 12.1 Å². The smallest absolute Gasteiger partial charge is 0.325 e. The van der Waals surface area contributed by atoms with E-state index in [2.05, 4.69) is 15.3 Å². The molecule has 2 aromatic heterocycles. The van der Waals surface area contributed by atoms with E-state index < -0.39 is 76.2 Å². The molecule has 272 valence electrons. The summed E-state index contributed by atoms with van der Waals surface area (Å²) in [5, 5.41) is 2.21. The van der Waals surface area contributed by atoms with Crippen LogP contribution in [0.2, 0.25) is 0 Å². The minimum Gasteiger partial charge on any atom is -0.325 e.